The Morgan fingerprint density at radius 1 is 1.24 bits per heavy atom. The highest BCUT2D eigenvalue weighted by Gasteiger charge is 2.58. The molecule has 2 aliphatic heterocycles. The molecular formula is C21H31F3N2O6S. The molecule has 0 bridgehead atoms. The molecule has 2 heterocycles. The molecule has 6 atom stereocenters. The summed E-state index contributed by atoms with van der Waals surface area (Å²) >= 11 is 0.969. The number of nitrogens with zero attached hydrogens (tertiary/aromatic N) is 2. The number of rotatable bonds is 8. The Hall–Kier alpha value is -1.60. The summed E-state index contributed by atoms with van der Waals surface area (Å²) in [6.45, 7) is 14.1. The van der Waals surface area contributed by atoms with Crippen molar-refractivity contribution in [1.29, 1.82) is 0 Å². The van der Waals surface area contributed by atoms with E-state index in [9.17, 15) is 23.1 Å². The molecule has 8 nitrogen and oxygen atoms in total. The molecule has 0 aromatic carbocycles. The van der Waals surface area contributed by atoms with Gasteiger partial charge in [-0.3, -0.25) is 9.89 Å². The summed E-state index contributed by atoms with van der Waals surface area (Å²) in [4.78, 5) is 18.5. The largest absolute Gasteiger partial charge is 0.443 e. The van der Waals surface area contributed by atoms with E-state index in [1.54, 1.807) is 27.7 Å². The number of amidine groups is 1. The van der Waals surface area contributed by atoms with Crippen LogP contribution in [0.4, 0.5) is 18.0 Å². The lowest BCUT2D eigenvalue weighted by Crippen LogP contribution is -2.62. The van der Waals surface area contributed by atoms with Crippen LogP contribution in [0.5, 0.6) is 0 Å². The van der Waals surface area contributed by atoms with Gasteiger partial charge in [-0.25, -0.2) is 4.79 Å². The second kappa shape index (κ2) is 11.2. The number of amides is 1. The number of aliphatic imine (C=N–C) groups is 1. The zero-order valence-corrected chi connectivity index (χ0v) is 19.9. The van der Waals surface area contributed by atoms with Gasteiger partial charge in [-0.15, -0.1) is 13.2 Å². The van der Waals surface area contributed by atoms with Crippen molar-refractivity contribution in [2.75, 3.05) is 19.8 Å². The van der Waals surface area contributed by atoms with Gasteiger partial charge >= 0.3 is 12.3 Å². The van der Waals surface area contributed by atoms with Crippen molar-refractivity contribution in [3.8, 4) is 0 Å². The van der Waals surface area contributed by atoms with E-state index in [1.807, 2.05) is 0 Å². The van der Waals surface area contributed by atoms with Crippen molar-refractivity contribution >= 4 is 23.0 Å². The smallest absolute Gasteiger partial charge is 0.417 e. The zero-order valence-electron chi connectivity index (χ0n) is 19.1. The highest BCUT2D eigenvalue weighted by molar-refractivity contribution is 8.14. The molecule has 1 fully saturated rings. The predicted octanol–water partition coefficient (Wildman–Crippen LogP) is 3.51. The van der Waals surface area contributed by atoms with E-state index >= 15 is 0 Å². The summed E-state index contributed by atoms with van der Waals surface area (Å²) in [7, 11) is 0. The third-order valence-corrected chi connectivity index (χ3v) is 5.81. The monoisotopic (exact) mass is 496 g/mol. The average molecular weight is 497 g/mol. The van der Waals surface area contributed by atoms with Crippen molar-refractivity contribution in [2.45, 2.75) is 75.4 Å². The molecule has 0 saturated carbocycles. The fourth-order valence-electron chi connectivity index (χ4n) is 3.32. The van der Waals surface area contributed by atoms with Crippen molar-refractivity contribution < 1.29 is 42.0 Å². The summed E-state index contributed by atoms with van der Waals surface area (Å²) in [5.41, 5.74) is -1.70. The van der Waals surface area contributed by atoms with E-state index in [4.69, 9.17) is 18.9 Å². The highest BCUT2D eigenvalue weighted by atomic mass is 32.2. The minimum Gasteiger partial charge on any atom is -0.443 e. The third-order valence-electron chi connectivity index (χ3n) is 4.66. The van der Waals surface area contributed by atoms with Crippen LogP contribution in [0.3, 0.4) is 0 Å². The maximum atomic E-state index is 13.4. The lowest BCUT2D eigenvalue weighted by molar-refractivity contribution is -0.279. The number of hydrogen-bond donors (Lipinski definition) is 1. The van der Waals surface area contributed by atoms with E-state index in [1.165, 1.54) is 17.1 Å². The number of carbonyl (C=O) groups is 1. The molecule has 2 rings (SSSR count). The maximum absolute atomic E-state index is 13.4. The fourth-order valence-corrected chi connectivity index (χ4v) is 4.58. The van der Waals surface area contributed by atoms with Crippen LogP contribution in [0.2, 0.25) is 0 Å². The van der Waals surface area contributed by atoms with Gasteiger partial charge in [0.2, 0.25) is 0 Å². The van der Waals surface area contributed by atoms with Gasteiger partial charge in [0.1, 0.15) is 35.4 Å². The number of halogens is 3. The number of hydrogen-bond acceptors (Lipinski definition) is 8. The number of fused-ring (bicyclic) bond motifs is 1. The molecule has 0 aromatic heterocycles. The lowest BCUT2D eigenvalue weighted by Gasteiger charge is -2.44. The molecule has 1 saturated heterocycles. The number of thioether (sulfide) groups is 1. The minimum atomic E-state index is -4.95. The van der Waals surface area contributed by atoms with Gasteiger partial charge < -0.3 is 24.1 Å². The fraction of sp³-hybridized carbons (Fsp3) is 0.714. The van der Waals surface area contributed by atoms with Gasteiger partial charge in [0.05, 0.1) is 13.2 Å². The first kappa shape index (κ1) is 27.6. The molecule has 2 aliphatic rings. The summed E-state index contributed by atoms with van der Waals surface area (Å²) in [6.07, 6.45) is -9.70. The third kappa shape index (κ3) is 6.95. The predicted molar refractivity (Wildman–Crippen MR) is 118 cm³/mol. The topological polar surface area (TPSA) is 89.8 Å². The van der Waals surface area contributed by atoms with Crippen LogP contribution in [-0.2, 0) is 18.9 Å². The van der Waals surface area contributed by atoms with Gasteiger partial charge in [0, 0.05) is 6.54 Å². The Morgan fingerprint density at radius 3 is 2.30 bits per heavy atom. The van der Waals surface area contributed by atoms with E-state index < -0.39 is 53.8 Å². The van der Waals surface area contributed by atoms with Crippen LogP contribution in [-0.4, -0.2) is 88.7 Å². The summed E-state index contributed by atoms with van der Waals surface area (Å²) in [5, 5.41) is 10.2. The molecule has 1 N–H and O–H groups in total. The molecule has 33 heavy (non-hydrogen) atoms. The quantitative estimate of drug-likeness (QED) is 0.515. The van der Waals surface area contributed by atoms with Crippen LogP contribution in [0, 0.1) is 0 Å². The van der Waals surface area contributed by atoms with E-state index in [-0.39, 0.29) is 24.9 Å². The van der Waals surface area contributed by atoms with Gasteiger partial charge in [-0.2, -0.15) is 13.2 Å². The second-order valence-corrected chi connectivity index (χ2v) is 9.44. The molecule has 0 radical (unpaired) electrons. The number of carbonyl (C=O) groups excluding carboxylic acids is 1. The summed E-state index contributed by atoms with van der Waals surface area (Å²) in [5.74, 6) is 0. The molecule has 0 aliphatic carbocycles. The first-order valence-electron chi connectivity index (χ1n) is 10.4. The molecule has 0 unspecified atom stereocenters. The van der Waals surface area contributed by atoms with Crippen LogP contribution in [0.25, 0.3) is 0 Å². The number of alkyl halides is 3. The Kier molecular flexibility index (Phi) is 9.40. The van der Waals surface area contributed by atoms with Crippen LogP contribution >= 0.6 is 11.8 Å². The zero-order chi connectivity index (χ0) is 25.0. The summed E-state index contributed by atoms with van der Waals surface area (Å²) in [6, 6.07) is -0.798. The van der Waals surface area contributed by atoms with E-state index in [0.29, 0.717) is 0 Å². The second-order valence-electron chi connectivity index (χ2n) is 8.37. The van der Waals surface area contributed by atoms with E-state index in [0.717, 1.165) is 11.8 Å². The average Bonchev–Trinajstić information content (AvgIpc) is 3.11. The van der Waals surface area contributed by atoms with E-state index in [2.05, 4.69) is 18.2 Å². The summed E-state index contributed by atoms with van der Waals surface area (Å²) < 4.78 is 62.6. The minimum absolute atomic E-state index is 0.00967. The van der Waals surface area contributed by atoms with Gasteiger partial charge in [0.15, 0.2) is 11.3 Å². The molecule has 0 aromatic rings. The van der Waals surface area contributed by atoms with Crippen molar-refractivity contribution in [3.05, 3.63) is 25.3 Å². The van der Waals surface area contributed by atoms with Crippen LogP contribution < -0.4 is 0 Å². The normalized spacial score (nSPS) is 28.5. The molecular weight excluding hydrogens is 465 g/mol. The Labute approximate surface area is 195 Å². The number of aliphatic hydroxyl groups is 1. The highest BCUT2D eigenvalue weighted by Crippen LogP contribution is 2.42. The Balaban J connectivity index is 2.39. The maximum Gasteiger partial charge on any atom is 0.417 e. The van der Waals surface area contributed by atoms with Crippen molar-refractivity contribution in [1.82, 2.24) is 4.90 Å². The molecule has 0 spiro atoms. The first-order chi connectivity index (χ1) is 15.3. The van der Waals surface area contributed by atoms with Gasteiger partial charge in [-0.1, -0.05) is 23.9 Å². The van der Waals surface area contributed by atoms with Crippen molar-refractivity contribution in [3.63, 3.8) is 0 Å². The van der Waals surface area contributed by atoms with Crippen molar-refractivity contribution in [2.24, 2.45) is 4.99 Å². The first-order valence-corrected chi connectivity index (χ1v) is 11.3. The Bertz CT molecular complexity index is 742. The lowest BCUT2D eigenvalue weighted by atomic mass is 9.94. The molecule has 188 valence electrons. The van der Waals surface area contributed by atoms with Gasteiger partial charge in [0.25, 0.3) is 0 Å². The standard InChI is InChI=1S/C21H31F3N2O6S/c1-7-10-29-13-12-17(31-15(14(13)30-11-8-2)16(27)21(22,23)24)33-18(25-12)26(9-3)19(28)32-20(4,5)6/h7-8,12-17,27H,1-2,9-11H2,3-6H3/t12-,13-,14+,15+,16-,17-/m1/s1. The SMILES string of the molecule is C=CCO[C@H]1[C@H](OCC=C)[C@H]2N=C(N(CC)C(=O)OC(C)(C)C)S[C@H]2O[C@@H]1[C@@H](O)C(F)(F)F. The van der Waals surface area contributed by atoms with Gasteiger partial charge in [-0.05, 0) is 27.7 Å². The van der Waals surface area contributed by atoms with Crippen LogP contribution in [0.15, 0.2) is 30.3 Å². The molecule has 1 amide bonds. The Morgan fingerprint density at radius 2 is 1.82 bits per heavy atom. The number of aliphatic hydroxyl groups excluding tert-OH is 1. The molecule has 12 heteroatoms. The van der Waals surface area contributed by atoms with Crippen LogP contribution in [0.1, 0.15) is 27.7 Å². The number of ether oxygens (including phenoxy) is 4.